The molecule has 0 aliphatic carbocycles. The minimum Gasteiger partial charge on any atom is -0.481 e. The number of carbonyl (C=O) groups excluding carboxylic acids is 1. The maximum absolute atomic E-state index is 12.2. The van der Waals surface area contributed by atoms with Crippen LogP contribution in [0.2, 0.25) is 0 Å². The van der Waals surface area contributed by atoms with E-state index in [1.165, 1.54) is 0 Å². The number of hydrogen-bond donors (Lipinski definition) is 2. The van der Waals surface area contributed by atoms with E-state index in [1.54, 1.807) is 23.3 Å². The van der Waals surface area contributed by atoms with E-state index in [9.17, 15) is 9.59 Å². The molecule has 0 saturated carbocycles. The van der Waals surface area contributed by atoms with Crippen molar-refractivity contribution in [2.45, 2.75) is 31.9 Å². The van der Waals surface area contributed by atoms with Gasteiger partial charge in [-0.2, -0.15) is 0 Å². The summed E-state index contributed by atoms with van der Waals surface area (Å²) < 4.78 is 10.8. The van der Waals surface area contributed by atoms with Crippen LogP contribution in [0, 0.1) is 0 Å². The van der Waals surface area contributed by atoms with Crippen molar-refractivity contribution in [1.82, 2.24) is 10.2 Å². The third kappa shape index (κ3) is 5.11. The number of urea groups is 1. The molecule has 2 N–H and O–H groups in total. The molecule has 0 radical (unpaired) electrons. The molecule has 2 heterocycles. The molecule has 1 fully saturated rings. The van der Waals surface area contributed by atoms with Gasteiger partial charge >= 0.3 is 12.0 Å². The second-order valence-electron chi connectivity index (χ2n) is 4.97. The number of nitrogens with zero attached hydrogens (tertiary/aromatic N) is 1. The second-order valence-corrected chi connectivity index (χ2v) is 4.97. The Kier molecular flexibility index (Phi) is 5.62. The third-order valence-corrected chi connectivity index (χ3v) is 3.28. The summed E-state index contributed by atoms with van der Waals surface area (Å²) in [4.78, 5) is 24.2. The van der Waals surface area contributed by atoms with E-state index >= 15 is 0 Å². The highest BCUT2D eigenvalue weighted by atomic mass is 16.5. The summed E-state index contributed by atoms with van der Waals surface area (Å²) >= 11 is 0. The molecule has 116 valence electrons. The molecule has 1 aromatic rings. The van der Waals surface area contributed by atoms with Crippen LogP contribution in [-0.2, 0) is 16.1 Å². The Morgan fingerprint density at radius 1 is 1.48 bits per heavy atom. The molecular weight excluding hydrogens is 276 g/mol. The van der Waals surface area contributed by atoms with Gasteiger partial charge in [-0.05, 0) is 25.0 Å². The largest absolute Gasteiger partial charge is 0.481 e. The number of carbonyl (C=O) groups is 2. The Hall–Kier alpha value is -2.02. The number of carboxylic acids is 1. The normalized spacial score (nSPS) is 17.6. The molecule has 7 nitrogen and oxygen atoms in total. The van der Waals surface area contributed by atoms with E-state index in [0.29, 0.717) is 18.8 Å². The predicted molar refractivity (Wildman–Crippen MR) is 73.7 cm³/mol. The van der Waals surface area contributed by atoms with Crippen molar-refractivity contribution < 1.29 is 23.8 Å². The molecule has 1 aliphatic heterocycles. The summed E-state index contributed by atoms with van der Waals surface area (Å²) in [7, 11) is 0. The molecule has 2 amide bonds. The first kappa shape index (κ1) is 15.4. The highest BCUT2D eigenvalue weighted by Crippen LogP contribution is 2.15. The number of aliphatic carboxylic acids is 1. The van der Waals surface area contributed by atoms with Crippen molar-refractivity contribution in [1.29, 1.82) is 0 Å². The van der Waals surface area contributed by atoms with E-state index in [2.05, 4.69) is 5.32 Å². The van der Waals surface area contributed by atoms with Crippen molar-refractivity contribution in [3.8, 4) is 0 Å². The van der Waals surface area contributed by atoms with Gasteiger partial charge in [-0.25, -0.2) is 4.79 Å². The molecule has 1 aromatic heterocycles. The van der Waals surface area contributed by atoms with Crippen LogP contribution in [0.25, 0.3) is 0 Å². The number of hydrogen-bond acceptors (Lipinski definition) is 4. The van der Waals surface area contributed by atoms with Gasteiger partial charge in [-0.1, -0.05) is 0 Å². The van der Waals surface area contributed by atoms with Gasteiger partial charge in [0.2, 0.25) is 0 Å². The quantitative estimate of drug-likeness (QED) is 0.794. The first-order chi connectivity index (χ1) is 10.1. The topological polar surface area (TPSA) is 92.0 Å². The molecule has 0 aromatic carbocycles. The Morgan fingerprint density at radius 3 is 2.95 bits per heavy atom. The minimum atomic E-state index is -0.938. The Labute approximate surface area is 122 Å². The maximum Gasteiger partial charge on any atom is 0.317 e. The van der Waals surface area contributed by atoms with Crippen molar-refractivity contribution >= 4 is 12.0 Å². The number of amides is 2. The van der Waals surface area contributed by atoms with Gasteiger partial charge in [0.15, 0.2) is 0 Å². The summed E-state index contributed by atoms with van der Waals surface area (Å²) in [5.74, 6) is -0.256. The summed E-state index contributed by atoms with van der Waals surface area (Å²) in [6.07, 6.45) is 3.42. The van der Waals surface area contributed by atoms with Gasteiger partial charge in [-0.15, -0.1) is 0 Å². The third-order valence-electron chi connectivity index (χ3n) is 3.28. The fourth-order valence-electron chi connectivity index (χ4n) is 2.23. The van der Waals surface area contributed by atoms with E-state index < -0.39 is 5.97 Å². The zero-order valence-corrected chi connectivity index (χ0v) is 11.8. The monoisotopic (exact) mass is 296 g/mol. The maximum atomic E-state index is 12.2. The van der Waals surface area contributed by atoms with Gasteiger partial charge < -0.3 is 24.5 Å². The molecule has 1 atom stereocenters. The lowest BCUT2D eigenvalue weighted by Crippen LogP contribution is -2.43. The van der Waals surface area contributed by atoms with Gasteiger partial charge in [0, 0.05) is 19.7 Å². The lowest BCUT2D eigenvalue weighted by Gasteiger charge is -2.24. The van der Waals surface area contributed by atoms with Crippen LogP contribution in [-0.4, -0.2) is 47.8 Å². The molecule has 1 unspecified atom stereocenters. The van der Waals surface area contributed by atoms with Crippen LogP contribution in [0.4, 0.5) is 4.79 Å². The van der Waals surface area contributed by atoms with E-state index in [4.69, 9.17) is 14.3 Å². The molecule has 1 aliphatic rings. The SMILES string of the molecule is O=C(O)CCNC(=O)N(Cc1ccco1)CC1CCCO1. The summed E-state index contributed by atoms with van der Waals surface area (Å²) in [5, 5.41) is 11.2. The number of carboxylic acid groups (broad SMARTS) is 1. The summed E-state index contributed by atoms with van der Waals surface area (Å²) in [6, 6.07) is 3.26. The zero-order valence-electron chi connectivity index (χ0n) is 11.8. The molecule has 2 rings (SSSR count). The van der Waals surface area contributed by atoms with Gasteiger partial charge in [0.25, 0.3) is 0 Å². The van der Waals surface area contributed by atoms with Crippen LogP contribution in [0.1, 0.15) is 25.0 Å². The summed E-state index contributed by atoms with van der Waals surface area (Å²) in [6.45, 7) is 1.64. The number of ether oxygens (including phenoxy) is 1. The average molecular weight is 296 g/mol. The van der Waals surface area contributed by atoms with Gasteiger partial charge in [-0.3, -0.25) is 4.79 Å². The molecule has 0 bridgehead atoms. The van der Waals surface area contributed by atoms with Crippen LogP contribution >= 0.6 is 0 Å². The van der Waals surface area contributed by atoms with Crippen molar-refractivity contribution in [3.05, 3.63) is 24.2 Å². The number of nitrogens with one attached hydrogen (secondary N) is 1. The Bertz CT molecular complexity index is 454. The highest BCUT2D eigenvalue weighted by molar-refractivity contribution is 5.75. The van der Waals surface area contributed by atoms with Gasteiger partial charge in [0.05, 0.1) is 25.3 Å². The molecule has 0 spiro atoms. The minimum absolute atomic E-state index is 0.0326. The van der Waals surface area contributed by atoms with Crippen LogP contribution in [0.15, 0.2) is 22.8 Å². The van der Waals surface area contributed by atoms with E-state index in [0.717, 1.165) is 19.4 Å². The fraction of sp³-hybridized carbons (Fsp3) is 0.571. The molecule has 1 saturated heterocycles. The van der Waals surface area contributed by atoms with Gasteiger partial charge in [0.1, 0.15) is 5.76 Å². The standard InChI is InChI=1S/C14H20N2O5/c17-13(18)5-6-15-14(19)16(9-11-3-1-7-20-11)10-12-4-2-8-21-12/h1,3,7,12H,2,4-6,8-10H2,(H,15,19)(H,17,18). The van der Waals surface area contributed by atoms with Crippen molar-refractivity contribution in [3.63, 3.8) is 0 Å². The second kappa shape index (κ2) is 7.68. The zero-order chi connectivity index (χ0) is 15.1. The number of furan rings is 1. The first-order valence-corrected chi connectivity index (χ1v) is 7.03. The molecule has 21 heavy (non-hydrogen) atoms. The first-order valence-electron chi connectivity index (χ1n) is 7.03. The smallest absolute Gasteiger partial charge is 0.317 e. The van der Waals surface area contributed by atoms with E-state index in [-0.39, 0.29) is 25.1 Å². The number of rotatable bonds is 7. The Balaban J connectivity index is 1.89. The van der Waals surface area contributed by atoms with Crippen LogP contribution in [0.5, 0.6) is 0 Å². The Morgan fingerprint density at radius 2 is 2.33 bits per heavy atom. The average Bonchev–Trinajstić information content (AvgIpc) is 3.10. The van der Waals surface area contributed by atoms with Crippen molar-refractivity contribution in [2.24, 2.45) is 0 Å². The van der Waals surface area contributed by atoms with Crippen LogP contribution < -0.4 is 5.32 Å². The van der Waals surface area contributed by atoms with E-state index in [1.807, 2.05) is 0 Å². The molecule has 7 heteroatoms. The van der Waals surface area contributed by atoms with Crippen molar-refractivity contribution in [2.75, 3.05) is 19.7 Å². The molecular formula is C14H20N2O5. The highest BCUT2D eigenvalue weighted by Gasteiger charge is 2.23. The lowest BCUT2D eigenvalue weighted by atomic mass is 10.2. The lowest BCUT2D eigenvalue weighted by molar-refractivity contribution is -0.136. The summed E-state index contributed by atoms with van der Waals surface area (Å²) in [5.41, 5.74) is 0. The fourth-order valence-corrected chi connectivity index (χ4v) is 2.23. The van der Waals surface area contributed by atoms with Crippen LogP contribution in [0.3, 0.4) is 0 Å². The predicted octanol–water partition coefficient (Wildman–Crippen LogP) is 1.44.